The van der Waals surface area contributed by atoms with Gasteiger partial charge in [-0.15, -0.1) is 0 Å². The van der Waals surface area contributed by atoms with Crippen molar-refractivity contribution in [1.82, 2.24) is 9.97 Å². The molecule has 3 nitrogen and oxygen atoms in total. The van der Waals surface area contributed by atoms with Crippen molar-refractivity contribution >= 4 is 5.82 Å². The molecule has 1 N–H and O–H groups in total. The Morgan fingerprint density at radius 2 is 1.50 bits per heavy atom. The van der Waals surface area contributed by atoms with Gasteiger partial charge in [0.05, 0.1) is 5.69 Å². The van der Waals surface area contributed by atoms with Crippen LogP contribution < -0.4 is 5.32 Å². The van der Waals surface area contributed by atoms with Crippen LogP contribution in [0.15, 0.2) is 6.07 Å². The van der Waals surface area contributed by atoms with Crippen molar-refractivity contribution in [2.75, 3.05) is 12.4 Å². The third kappa shape index (κ3) is 2.94. The first kappa shape index (κ1) is 12.9. The minimum absolute atomic E-state index is 0.0210. The van der Waals surface area contributed by atoms with Gasteiger partial charge in [-0.1, -0.05) is 41.5 Å². The number of aromatic nitrogens is 2. The van der Waals surface area contributed by atoms with E-state index in [1.807, 2.05) is 13.1 Å². The quantitative estimate of drug-likeness (QED) is 0.791. The normalized spacial score (nSPS) is 12.7. The Bertz CT molecular complexity index is 337. The molecule has 0 saturated carbocycles. The SMILES string of the molecule is CNc1cc(C(C)(C)C)nc(C(C)(C)C)n1. The summed E-state index contributed by atoms with van der Waals surface area (Å²) in [5.41, 5.74) is 1.11. The van der Waals surface area contributed by atoms with Gasteiger partial charge in [0.1, 0.15) is 11.6 Å². The molecule has 90 valence electrons. The lowest BCUT2D eigenvalue weighted by Crippen LogP contribution is -2.22. The lowest BCUT2D eigenvalue weighted by molar-refractivity contribution is 0.514. The van der Waals surface area contributed by atoms with Crippen LogP contribution in [-0.4, -0.2) is 17.0 Å². The summed E-state index contributed by atoms with van der Waals surface area (Å²) in [6, 6.07) is 2.02. The van der Waals surface area contributed by atoms with Crippen LogP contribution in [0.1, 0.15) is 53.1 Å². The average molecular weight is 221 g/mol. The average Bonchev–Trinajstić information content (AvgIpc) is 2.14. The van der Waals surface area contributed by atoms with E-state index in [-0.39, 0.29) is 10.8 Å². The van der Waals surface area contributed by atoms with Gasteiger partial charge in [0.2, 0.25) is 0 Å². The van der Waals surface area contributed by atoms with E-state index in [4.69, 9.17) is 0 Å². The second-order valence-corrected chi connectivity index (χ2v) is 6.21. The van der Waals surface area contributed by atoms with E-state index in [9.17, 15) is 0 Å². The number of nitrogens with zero attached hydrogens (tertiary/aromatic N) is 2. The fourth-order valence-electron chi connectivity index (χ4n) is 1.29. The predicted molar refractivity (Wildman–Crippen MR) is 69.0 cm³/mol. The summed E-state index contributed by atoms with van der Waals surface area (Å²) in [5.74, 6) is 1.79. The van der Waals surface area contributed by atoms with Crippen LogP contribution in [-0.2, 0) is 10.8 Å². The van der Waals surface area contributed by atoms with Gasteiger partial charge in [-0.3, -0.25) is 0 Å². The highest BCUT2D eigenvalue weighted by Crippen LogP contribution is 2.26. The Hall–Kier alpha value is -1.12. The summed E-state index contributed by atoms with van der Waals surface area (Å²) in [7, 11) is 1.89. The van der Waals surface area contributed by atoms with Gasteiger partial charge in [0.15, 0.2) is 0 Å². The molecular weight excluding hydrogens is 198 g/mol. The molecule has 1 aromatic rings. The molecule has 0 aliphatic heterocycles. The summed E-state index contributed by atoms with van der Waals surface area (Å²) in [4.78, 5) is 9.19. The molecule has 16 heavy (non-hydrogen) atoms. The highest BCUT2D eigenvalue weighted by atomic mass is 15.0. The monoisotopic (exact) mass is 221 g/mol. The molecule has 0 bridgehead atoms. The predicted octanol–water partition coefficient (Wildman–Crippen LogP) is 3.11. The smallest absolute Gasteiger partial charge is 0.136 e. The van der Waals surface area contributed by atoms with Gasteiger partial charge >= 0.3 is 0 Å². The topological polar surface area (TPSA) is 37.8 Å². The van der Waals surface area contributed by atoms with E-state index in [1.54, 1.807) is 0 Å². The molecule has 0 spiro atoms. The highest BCUT2D eigenvalue weighted by molar-refractivity contribution is 5.38. The Morgan fingerprint density at radius 3 is 1.88 bits per heavy atom. The number of hydrogen-bond donors (Lipinski definition) is 1. The standard InChI is InChI=1S/C13H23N3/c1-12(2,3)9-8-10(14-7)16-11(15-9)13(4,5)6/h8H,1-7H3,(H,14,15,16). The van der Waals surface area contributed by atoms with Crippen LogP contribution in [0.4, 0.5) is 5.82 Å². The first-order valence-corrected chi connectivity index (χ1v) is 5.72. The first-order valence-electron chi connectivity index (χ1n) is 5.72. The zero-order valence-electron chi connectivity index (χ0n) is 11.5. The third-order valence-electron chi connectivity index (χ3n) is 2.42. The van der Waals surface area contributed by atoms with E-state index >= 15 is 0 Å². The molecule has 0 atom stereocenters. The van der Waals surface area contributed by atoms with Crippen LogP contribution in [0.3, 0.4) is 0 Å². The molecule has 3 heteroatoms. The molecule has 0 saturated heterocycles. The van der Waals surface area contributed by atoms with Crippen LogP contribution in [0, 0.1) is 0 Å². The number of rotatable bonds is 1. The maximum Gasteiger partial charge on any atom is 0.136 e. The van der Waals surface area contributed by atoms with Crippen LogP contribution in [0.2, 0.25) is 0 Å². The molecule has 1 aromatic heterocycles. The van der Waals surface area contributed by atoms with Crippen molar-refractivity contribution in [3.63, 3.8) is 0 Å². The number of hydrogen-bond acceptors (Lipinski definition) is 3. The lowest BCUT2D eigenvalue weighted by atomic mass is 9.90. The van der Waals surface area contributed by atoms with E-state index in [0.29, 0.717) is 0 Å². The second-order valence-electron chi connectivity index (χ2n) is 6.21. The van der Waals surface area contributed by atoms with Crippen molar-refractivity contribution in [2.24, 2.45) is 0 Å². The van der Waals surface area contributed by atoms with E-state index in [1.165, 1.54) is 0 Å². The summed E-state index contributed by atoms with van der Waals surface area (Å²) in [5, 5.41) is 3.10. The maximum atomic E-state index is 4.67. The molecule has 0 aliphatic carbocycles. The van der Waals surface area contributed by atoms with Crippen molar-refractivity contribution in [1.29, 1.82) is 0 Å². The van der Waals surface area contributed by atoms with Gasteiger partial charge < -0.3 is 5.32 Å². The fourth-order valence-corrected chi connectivity index (χ4v) is 1.29. The van der Waals surface area contributed by atoms with Gasteiger partial charge in [-0.25, -0.2) is 9.97 Å². The number of nitrogens with one attached hydrogen (secondary N) is 1. The summed E-state index contributed by atoms with van der Waals surface area (Å²) < 4.78 is 0. The molecule has 0 radical (unpaired) electrons. The van der Waals surface area contributed by atoms with Gasteiger partial charge in [-0.2, -0.15) is 0 Å². The van der Waals surface area contributed by atoms with Gasteiger partial charge in [0, 0.05) is 23.9 Å². The Labute approximate surface area is 98.7 Å². The van der Waals surface area contributed by atoms with Crippen molar-refractivity contribution < 1.29 is 0 Å². The Morgan fingerprint density at radius 1 is 0.938 bits per heavy atom. The minimum atomic E-state index is -0.0210. The van der Waals surface area contributed by atoms with Crippen molar-refractivity contribution in [2.45, 2.75) is 52.4 Å². The van der Waals surface area contributed by atoms with Gasteiger partial charge in [-0.05, 0) is 0 Å². The molecule has 0 unspecified atom stereocenters. The molecule has 1 rings (SSSR count). The van der Waals surface area contributed by atoms with E-state index in [0.717, 1.165) is 17.3 Å². The Balaban J connectivity index is 3.33. The summed E-state index contributed by atoms with van der Waals surface area (Å²) in [6.45, 7) is 12.9. The molecule has 1 heterocycles. The highest BCUT2D eigenvalue weighted by Gasteiger charge is 2.23. The Kier molecular flexibility index (Phi) is 3.27. The van der Waals surface area contributed by atoms with Crippen LogP contribution >= 0.6 is 0 Å². The zero-order chi connectivity index (χ0) is 12.6. The van der Waals surface area contributed by atoms with Crippen molar-refractivity contribution in [3.8, 4) is 0 Å². The molecule has 0 amide bonds. The van der Waals surface area contributed by atoms with E-state index < -0.39 is 0 Å². The summed E-state index contributed by atoms with van der Waals surface area (Å²) >= 11 is 0. The maximum absolute atomic E-state index is 4.67. The lowest BCUT2D eigenvalue weighted by Gasteiger charge is -2.23. The van der Waals surface area contributed by atoms with Crippen LogP contribution in [0.25, 0.3) is 0 Å². The molecule has 0 aliphatic rings. The number of anilines is 1. The summed E-state index contributed by atoms with van der Waals surface area (Å²) in [6.07, 6.45) is 0. The van der Waals surface area contributed by atoms with E-state index in [2.05, 4.69) is 56.8 Å². The van der Waals surface area contributed by atoms with Crippen LogP contribution in [0.5, 0.6) is 0 Å². The largest absolute Gasteiger partial charge is 0.373 e. The zero-order valence-corrected chi connectivity index (χ0v) is 11.5. The third-order valence-corrected chi connectivity index (χ3v) is 2.42. The molecule has 0 aromatic carbocycles. The second kappa shape index (κ2) is 4.04. The first-order chi connectivity index (χ1) is 7.14. The fraction of sp³-hybridized carbons (Fsp3) is 0.692. The molecule has 0 fully saturated rings. The molecular formula is C13H23N3. The minimum Gasteiger partial charge on any atom is -0.373 e. The van der Waals surface area contributed by atoms with Gasteiger partial charge in [0.25, 0.3) is 0 Å². The van der Waals surface area contributed by atoms with Crippen molar-refractivity contribution in [3.05, 3.63) is 17.6 Å².